The largest absolute Gasteiger partial charge is 0.481 e. The first-order valence-corrected chi connectivity index (χ1v) is 6.60. The molecule has 0 aromatic rings. The normalized spacial score (nSPS) is 27.3. The second-order valence-electron chi connectivity index (χ2n) is 4.96. The number of aliphatic carboxylic acids is 1. The summed E-state index contributed by atoms with van der Waals surface area (Å²) in [5.74, 6) is -1.47. The summed E-state index contributed by atoms with van der Waals surface area (Å²) in [5, 5.41) is 11.7. The smallest absolute Gasteiger partial charge is 0.320 e. The molecule has 2 rings (SSSR count). The van der Waals surface area contributed by atoms with Gasteiger partial charge >= 0.3 is 12.0 Å². The first kappa shape index (κ1) is 13.6. The van der Waals surface area contributed by atoms with E-state index in [-0.39, 0.29) is 18.5 Å². The number of hydrogen-bond acceptors (Lipinski definition) is 3. The van der Waals surface area contributed by atoms with Crippen LogP contribution in [0.1, 0.15) is 19.8 Å². The molecule has 0 aromatic carbocycles. The van der Waals surface area contributed by atoms with Crippen LogP contribution in [-0.2, 0) is 9.59 Å². The Morgan fingerprint density at radius 2 is 2.16 bits per heavy atom. The molecule has 7 nitrogen and oxygen atoms in total. The van der Waals surface area contributed by atoms with Gasteiger partial charge in [0.2, 0.25) is 5.91 Å². The molecule has 2 N–H and O–H groups in total. The number of carbonyl (C=O) groups is 3. The number of nitrogens with one attached hydrogen (secondary N) is 1. The lowest BCUT2D eigenvalue weighted by atomic mass is 10.1. The second kappa shape index (κ2) is 5.46. The van der Waals surface area contributed by atoms with Crippen molar-refractivity contribution < 1.29 is 19.5 Å². The maximum absolute atomic E-state index is 12.4. The zero-order valence-corrected chi connectivity index (χ0v) is 11.0. The second-order valence-corrected chi connectivity index (χ2v) is 4.96. The molecule has 106 valence electrons. The van der Waals surface area contributed by atoms with Crippen molar-refractivity contribution in [3.63, 3.8) is 0 Å². The zero-order chi connectivity index (χ0) is 14.0. The van der Waals surface area contributed by atoms with Gasteiger partial charge in [-0.15, -0.1) is 0 Å². The van der Waals surface area contributed by atoms with Gasteiger partial charge in [-0.2, -0.15) is 0 Å². The van der Waals surface area contributed by atoms with Crippen molar-refractivity contribution >= 4 is 17.9 Å². The summed E-state index contributed by atoms with van der Waals surface area (Å²) in [5.41, 5.74) is 0. The fourth-order valence-electron chi connectivity index (χ4n) is 2.67. The summed E-state index contributed by atoms with van der Waals surface area (Å²) in [6.07, 6.45) is 1.05. The molecule has 0 saturated carbocycles. The molecule has 0 radical (unpaired) electrons. The highest BCUT2D eigenvalue weighted by Gasteiger charge is 2.38. The Balaban J connectivity index is 2.03. The molecular weight excluding hydrogens is 250 g/mol. The monoisotopic (exact) mass is 269 g/mol. The van der Waals surface area contributed by atoms with E-state index in [1.165, 1.54) is 0 Å². The maximum atomic E-state index is 12.4. The number of rotatable bonds is 2. The Morgan fingerprint density at radius 3 is 2.74 bits per heavy atom. The van der Waals surface area contributed by atoms with Gasteiger partial charge in [0.15, 0.2) is 0 Å². The van der Waals surface area contributed by atoms with Crippen molar-refractivity contribution in [1.82, 2.24) is 15.1 Å². The minimum absolute atomic E-state index is 0.129. The van der Waals surface area contributed by atoms with Crippen LogP contribution < -0.4 is 5.32 Å². The van der Waals surface area contributed by atoms with Crippen molar-refractivity contribution in [2.75, 3.05) is 26.2 Å². The number of hydrogen-bond donors (Lipinski definition) is 2. The third kappa shape index (κ3) is 2.64. The number of carboxylic acids is 1. The van der Waals surface area contributed by atoms with Gasteiger partial charge in [-0.1, -0.05) is 6.92 Å². The van der Waals surface area contributed by atoms with E-state index in [4.69, 9.17) is 5.11 Å². The van der Waals surface area contributed by atoms with E-state index < -0.39 is 17.9 Å². The molecule has 19 heavy (non-hydrogen) atoms. The molecule has 0 aromatic heterocycles. The van der Waals surface area contributed by atoms with E-state index in [0.717, 1.165) is 0 Å². The molecule has 0 aliphatic carbocycles. The first-order chi connectivity index (χ1) is 9.04. The number of urea groups is 1. The van der Waals surface area contributed by atoms with Crippen molar-refractivity contribution in [3.8, 4) is 0 Å². The van der Waals surface area contributed by atoms with Gasteiger partial charge < -0.3 is 20.2 Å². The minimum Gasteiger partial charge on any atom is -0.481 e. The van der Waals surface area contributed by atoms with Gasteiger partial charge in [-0.25, -0.2) is 4.79 Å². The summed E-state index contributed by atoms with van der Waals surface area (Å²) in [6.45, 7) is 3.49. The van der Waals surface area contributed by atoms with Gasteiger partial charge in [-0.05, 0) is 12.8 Å². The van der Waals surface area contributed by atoms with Crippen LogP contribution in [0.4, 0.5) is 4.79 Å². The van der Waals surface area contributed by atoms with Gasteiger partial charge in [-0.3, -0.25) is 9.59 Å². The molecule has 2 fully saturated rings. The fraction of sp³-hybridized carbons (Fsp3) is 0.750. The highest BCUT2D eigenvalue weighted by atomic mass is 16.4. The molecule has 2 saturated heterocycles. The van der Waals surface area contributed by atoms with Crippen molar-refractivity contribution in [2.24, 2.45) is 5.92 Å². The van der Waals surface area contributed by atoms with Crippen LogP contribution in [0.3, 0.4) is 0 Å². The molecule has 0 spiro atoms. The Hall–Kier alpha value is -1.79. The zero-order valence-electron chi connectivity index (χ0n) is 11.0. The van der Waals surface area contributed by atoms with Crippen molar-refractivity contribution in [2.45, 2.75) is 25.8 Å². The molecule has 2 aliphatic heterocycles. The summed E-state index contributed by atoms with van der Waals surface area (Å²) >= 11 is 0. The number of carbonyl (C=O) groups excluding carboxylic acids is 2. The van der Waals surface area contributed by atoms with E-state index >= 15 is 0 Å². The van der Waals surface area contributed by atoms with Crippen LogP contribution in [0, 0.1) is 5.92 Å². The van der Waals surface area contributed by atoms with Crippen LogP contribution in [0.15, 0.2) is 0 Å². The summed E-state index contributed by atoms with van der Waals surface area (Å²) in [6, 6.07) is -0.657. The first-order valence-electron chi connectivity index (χ1n) is 6.60. The Morgan fingerprint density at radius 1 is 1.42 bits per heavy atom. The topological polar surface area (TPSA) is 90.0 Å². The standard InChI is InChI=1S/C12H19N3O4/c1-2-9-10(16)13-4-6-15(9)12(19)14-5-3-8(7-14)11(17)18/h8-9H,2-7H2,1H3,(H,13,16)(H,17,18). The predicted molar refractivity (Wildman–Crippen MR) is 66.5 cm³/mol. The lowest BCUT2D eigenvalue weighted by Gasteiger charge is -2.36. The molecular formula is C12H19N3O4. The van der Waals surface area contributed by atoms with E-state index in [1.807, 2.05) is 6.92 Å². The minimum atomic E-state index is -0.862. The molecule has 2 aliphatic rings. The Labute approximate surface area is 111 Å². The van der Waals surface area contributed by atoms with Gasteiger partial charge in [0.1, 0.15) is 6.04 Å². The summed E-state index contributed by atoms with van der Waals surface area (Å²) < 4.78 is 0. The third-order valence-corrected chi connectivity index (χ3v) is 3.77. The van der Waals surface area contributed by atoms with Crippen LogP contribution in [0.5, 0.6) is 0 Å². The van der Waals surface area contributed by atoms with Crippen molar-refractivity contribution in [1.29, 1.82) is 0 Å². The van der Waals surface area contributed by atoms with Gasteiger partial charge in [0, 0.05) is 26.2 Å². The van der Waals surface area contributed by atoms with Gasteiger partial charge in [0.25, 0.3) is 0 Å². The van der Waals surface area contributed by atoms with E-state index in [1.54, 1.807) is 9.80 Å². The lowest BCUT2D eigenvalue weighted by Crippen LogP contribution is -2.59. The average Bonchev–Trinajstić information content (AvgIpc) is 2.87. The predicted octanol–water partition coefficient (Wildman–Crippen LogP) is -0.277. The highest BCUT2D eigenvalue weighted by molar-refractivity contribution is 5.88. The molecule has 2 unspecified atom stereocenters. The summed E-state index contributed by atoms with van der Waals surface area (Å²) in [7, 11) is 0. The third-order valence-electron chi connectivity index (χ3n) is 3.77. The van der Waals surface area contributed by atoms with E-state index in [9.17, 15) is 14.4 Å². The number of piperazine rings is 1. The van der Waals surface area contributed by atoms with Crippen LogP contribution in [-0.4, -0.2) is 65.0 Å². The van der Waals surface area contributed by atoms with Crippen LogP contribution >= 0.6 is 0 Å². The Kier molecular flexibility index (Phi) is 3.92. The molecule has 2 atom stereocenters. The number of likely N-dealkylation sites (tertiary alicyclic amines) is 1. The average molecular weight is 269 g/mol. The van der Waals surface area contributed by atoms with E-state index in [0.29, 0.717) is 32.5 Å². The quantitative estimate of drug-likeness (QED) is 0.721. The molecule has 2 heterocycles. The highest BCUT2D eigenvalue weighted by Crippen LogP contribution is 2.20. The van der Waals surface area contributed by atoms with Gasteiger partial charge in [0.05, 0.1) is 5.92 Å². The Bertz CT molecular complexity index is 398. The van der Waals surface area contributed by atoms with E-state index in [2.05, 4.69) is 5.32 Å². The van der Waals surface area contributed by atoms with Crippen molar-refractivity contribution in [3.05, 3.63) is 0 Å². The maximum Gasteiger partial charge on any atom is 0.320 e. The number of amides is 3. The lowest BCUT2D eigenvalue weighted by molar-refractivity contribution is -0.141. The fourth-order valence-corrected chi connectivity index (χ4v) is 2.67. The summed E-state index contributed by atoms with van der Waals surface area (Å²) in [4.78, 5) is 38.1. The molecule has 3 amide bonds. The van der Waals surface area contributed by atoms with Crippen LogP contribution in [0.2, 0.25) is 0 Å². The number of carboxylic acid groups (broad SMARTS) is 1. The number of nitrogens with zero attached hydrogens (tertiary/aromatic N) is 2. The SMILES string of the molecule is CCC1C(=O)NCCN1C(=O)N1CCC(C(=O)O)C1. The molecule has 0 bridgehead atoms. The molecule has 7 heteroatoms. The van der Waals surface area contributed by atoms with Crippen LogP contribution in [0.25, 0.3) is 0 Å².